The summed E-state index contributed by atoms with van der Waals surface area (Å²) in [6.45, 7) is 2.41. The third-order valence-electron chi connectivity index (χ3n) is 4.80. The normalized spacial score (nSPS) is 14.9. The fourth-order valence-electron chi connectivity index (χ4n) is 3.13. The summed E-state index contributed by atoms with van der Waals surface area (Å²) in [6, 6.07) is 22.4. The number of benzene rings is 3. The lowest BCUT2D eigenvalue weighted by Crippen LogP contribution is -2.27. The van der Waals surface area contributed by atoms with Crippen molar-refractivity contribution in [2.45, 2.75) is 23.3 Å². The van der Waals surface area contributed by atoms with Crippen LogP contribution >= 0.6 is 35.7 Å². The fraction of sp³-hybridized carbons (Fsp3) is 0.0833. The van der Waals surface area contributed by atoms with Crippen LogP contribution in [0.25, 0.3) is 6.08 Å². The van der Waals surface area contributed by atoms with E-state index < -0.39 is 4.92 Å². The minimum atomic E-state index is -0.432. The molecule has 160 valence electrons. The highest BCUT2D eigenvalue weighted by atomic mass is 32.2. The standard InChI is InChI=1S/C24H18N2O3S3/c1-16-7-10-20(11-8-16)31-21-12-9-19(26(28)29)13-18(21)14-22-23(27)25(24(30)32-22)15-17-5-3-2-4-6-17/h2-14H,15H2,1H3. The number of rotatable bonds is 6. The molecule has 0 bridgehead atoms. The molecule has 0 unspecified atom stereocenters. The minimum absolute atomic E-state index is 0.0238. The Morgan fingerprint density at radius 1 is 1.09 bits per heavy atom. The van der Waals surface area contributed by atoms with Gasteiger partial charge in [0.25, 0.3) is 11.6 Å². The molecule has 8 heteroatoms. The minimum Gasteiger partial charge on any atom is -0.288 e. The number of thiocarbonyl (C=S) groups is 1. The molecular weight excluding hydrogens is 460 g/mol. The quantitative estimate of drug-likeness (QED) is 0.175. The molecule has 1 heterocycles. The number of non-ortho nitro benzene ring substituents is 1. The zero-order valence-corrected chi connectivity index (χ0v) is 19.5. The van der Waals surface area contributed by atoms with E-state index in [4.69, 9.17) is 12.2 Å². The molecule has 0 atom stereocenters. The van der Waals surface area contributed by atoms with Crippen molar-refractivity contribution in [3.8, 4) is 0 Å². The fourth-order valence-corrected chi connectivity index (χ4v) is 5.28. The molecule has 3 aromatic rings. The van der Waals surface area contributed by atoms with E-state index in [1.807, 2.05) is 61.5 Å². The lowest BCUT2D eigenvalue weighted by atomic mass is 10.1. The molecule has 1 saturated heterocycles. The van der Waals surface area contributed by atoms with Gasteiger partial charge < -0.3 is 0 Å². The number of nitro groups is 1. The molecule has 1 amide bonds. The van der Waals surface area contributed by atoms with Crippen molar-refractivity contribution in [1.29, 1.82) is 0 Å². The Hall–Kier alpha value is -2.94. The molecule has 5 nitrogen and oxygen atoms in total. The monoisotopic (exact) mass is 478 g/mol. The predicted molar refractivity (Wildman–Crippen MR) is 134 cm³/mol. The Balaban J connectivity index is 1.66. The molecule has 0 radical (unpaired) electrons. The second-order valence-corrected chi connectivity index (χ2v) is 9.94. The van der Waals surface area contributed by atoms with Crippen LogP contribution in [-0.2, 0) is 11.3 Å². The van der Waals surface area contributed by atoms with Gasteiger partial charge in [-0.05, 0) is 42.3 Å². The van der Waals surface area contributed by atoms with Crippen LogP contribution in [0, 0.1) is 17.0 Å². The maximum atomic E-state index is 13.1. The van der Waals surface area contributed by atoms with Gasteiger partial charge in [-0.25, -0.2) is 0 Å². The summed E-state index contributed by atoms with van der Waals surface area (Å²) in [6.07, 6.45) is 1.70. The average Bonchev–Trinajstić information content (AvgIpc) is 3.04. The first-order valence-corrected chi connectivity index (χ1v) is 11.8. The Morgan fingerprint density at radius 3 is 2.50 bits per heavy atom. The predicted octanol–water partition coefficient (Wildman–Crippen LogP) is 6.46. The maximum absolute atomic E-state index is 13.1. The third kappa shape index (κ3) is 5.09. The lowest BCUT2D eigenvalue weighted by molar-refractivity contribution is -0.384. The van der Waals surface area contributed by atoms with Crippen molar-refractivity contribution in [3.63, 3.8) is 0 Å². The number of aryl methyl sites for hydroxylation is 1. The first-order valence-electron chi connectivity index (χ1n) is 9.73. The van der Waals surface area contributed by atoms with E-state index in [1.165, 1.54) is 35.7 Å². The van der Waals surface area contributed by atoms with Crippen molar-refractivity contribution in [2.75, 3.05) is 0 Å². The molecule has 32 heavy (non-hydrogen) atoms. The van der Waals surface area contributed by atoms with Crippen molar-refractivity contribution in [3.05, 3.63) is 105 Å². The Labute approximate surface area is 199 Å². The molecule has 1 aliphatic heterocycles. The zero-order chi connectivity index (χ0) is 22.7. The van der Waals surface area contributed by atoms with Crippen molar-refractivity contribution in [2.24, 2.45) is 0 Å². The van der Waals surface area contributed by atoms with Gasteiger partial charge in [-0.3, -0.25) is 19.8 Å². The van der Waals surface area contributed by atoms with E-state index in [-0.39, 0.29) is 11.6 Å². The molecule has 0 saturated carbocycles. The summed E-state index contributed by atoms with van der Waals surface area (Å²) >= 11 is 8.16. The van der Waals surface area contributed by atoms with Gasteiger partial charge in [0.05, 0.1) is 16.4 Å². The number of nitrogens with zero attached hydrogens (tertiary/aromatic N) is 2. The number of carbonyl (C=O) groups excluding carboxylic acids is 1. The van der Waals surface area contributed by atoms with Crippen molar-refractivity contribution in [1.82, 2.24) is 4.90 Å². The van der Waals surface area contributed by atoms with Crippen molar-refractivity contribution >= 4 is 57.7 Å². The first kappa shape index (κ1) is 22.3. The Kier molecular flexibility index (Phi) is 6.74. The van der Waals surface area contributed by atoms with Crippen LogP contribution in [0.1, 0.15) is 16.7 Å². The Bertz CT molecular complexity index is 1220. The molecule has 0 spiro atoms. The van der Waals surface area contributed by atoms with Crippen LogP contribution in [0.5, 0.6) is 0 Å². The summed E-state index contributed by atoms with van der Waals surface area (Å²) in [5, 5.41) is 11.3. The van der Waals surface area contributed by atoms with Crippen LogP contribution in [-0.4, -0.2) is 20.1 Å². The summed E-state index contributed by atoms with van der Waals surface area (Å²) in [5.41, 5.74) is 2.73. The first-order chi connectivity index (χ1) is 15.4. The highest BCUT2D eigenvalue weighted by molar-refractivity contribution is 8.26. The van der Waals surface area contributed by atoms with Crippen LogP contribution in [0.4, 0.5) is 5.69 Å². The van der Waals surface area contributed by atoms with Gasteiger partial charge in [-0.2, -0.15) is 0 Å². The number of nitro benzene ring substituents is 1. The zero-order valence-electron chi connectivity index (χ0n) is 17.1. The number of hydrogen-bond acceptors (Lipinski definition) is 6. The average molecular weight is 479 g/mol. The van der Waals surface area contributed by atoms with Crippen LogP contribution < -0.4 is 0 Å². The van der Waals surface area contributed by atoms with Crippen LogP contribution in [0.3, 0.4) is 0 Å². The molecule has 0 aromatic heterocycles. The maximum Gasteiger partial charge on any atom is 0.270 e. The van der Waals surface area contributed by atoms with Gasteiger partial charge >= 0.3 is 0 Å². The van der Waals surface area contributed by atoms with Gasteiger partial charge in [0.2, 0.25) is 0 Å². The van der Waals surface area contributed by atoms with E-state index in [0.717, 1.165) is 20.9 Å². The summed E-state index contributed by atoms with van der Waals surface area (Å²) < 4.78 is 0.475. The van der Waals surface area contributed by atoms with Gasteiger partial charge in [-0.15, -0.1) is 0 Å². The SMILES string of the molecule is Cc1ccc(Sc2ccc([N+](=O)[O-])cc2C=C2SC(=S)N(Cc3ccccc3)C2=O)cc1. The van der Waals surface area contributed by atoms with E-state index >= 15 is 0 Å². The molecule has 4 rings (SSSR count). The number of carbonyl (C=O) groups is 1. The van der Waals surface area contributed by atoms with Crippen LogP contribution in [0.2, 0.25) is 0 Å². The van der Waals surface area contributed by atoms with Crippen molar-refractivity contribution < 1.29 is 9.72 Å². The second kappa shape index (κ2) is 9.68. The summed E-state index contributed by atoms with van der Waals surface area (Å²) in [5.74, 6) is -0.193. The van der Waals surface area contributed by atoms with E-state index in [9.17, 15) is 14.9 Å². The van der Waals surface area contributed by atoms with E-state index in [1.54, 1.807) is 17.0 Å². The van der Waals surface area contributed by atoms with E-state index in [2.05, 4.69) is 0 Å². The van der Waals surface area contributed by atoms with Gasteiger partial charge in [-0.1, -0.05) is 83.8 Å². The molecule has 1 fully saturated rings. The topological polar surface area (TPSA) is 63.5 Å². The highest BCUT2D eigenvalue weighted by Crippen LogP contribution is 2.38. The molecule has 3 aromatic carbocycles. The number of hydrogen-bond donors (Lipinski definition) is 0. The van der Waals surface area contributed by atoms with Gasteiger partial charge in [0, 0.05) is 21.9 Å². The number of thioether (sulfide) groups is 1. The summed E-state index contributed by atoms with van der Waals surface area (Å²) in [7, 11) is 0. The van der Waals surface area contributed by atoms with Gasteiger partial charge in [0.1, 0.15) is 4.32 Å². The highest BCUT2D eigenvalue weighted by Gasteiger charge is 2.32. The Morgan fingerprint density at radius 2 is 1.81 bits per heavy atom. The molecule has 0 aliphatic carbocycles. The molecule has 0 N–H and O–H groups in total. The smallest absolute Gasteiger partial charge is 0.270 e. The van der Waals surface area contributed by atoms with E-state index in [0.29, 0.717) is 21.3 Å². The second-order valence-electron chi connectivity index (χ2n) is 7.15. The van der Waals surface area contributed by atoms with Gasteiger partial charge in [0.15, 0.2) is 0 Å². The van der Waals surface area contributed by atoms with Crippen LogP contribution in [0.15, 0.2) is 87.5 Å². The lowest BCUT2D eigenvalue weighted by Gasteiger charge is -2.14. The summed E-state index contributed by atoms with van der Waals surface area (Å²) in [4.78, 5) is 27.8. The third-order valence-corrected chi connectivity index (χ3v) is 7.27. The number of amides is 1. The largest absolute Gasteiger partial charge is 0.288 e. The molecular formula is C24H18N2O3S3. The molecule has 1 aliphatic rings.